The van der Waals surface area contributed by atoms with Crippen LogP contribution >= 0.6 is 0 Å². The van der Waals surface area contributed by atoms with E-state index in [1.807, 2.05) is 0 Å². The molecule has 0 atom stereocenters. The van der Waals surface area contributed by atoms with Gasteiger partial charge in [0.15, 0.2) is 0 Å². The summed E-state index contributed by atoms with van der Waals surface area (Å²) < 4.78 is 33.7. The molecule has 0 aliphatic carbocycles. The molecule has 0 saturated carbocycles. The van der Waals surface area contributed by atoms with Crippen LogP contribution in [0, 0.1) is 18.6 Å². The van der Waals surface area contributed by atoms with Gasteiger partial charge in [-0.05, 0) is 68.1 Å². The average Bonchev–Trinajstić information content (AvgIpc) is 2.69. The first-order valence-electron chi connectivity index (χ1n) is 9.66. The van der Waals surface area contributed by atoms with Crippen LogP contribution in [0.5, 0.6) is 0 Å². The molecule has 0 spiro atoms. The van der Waals surface area contributed by atoms with Gasteiger partial charge in [-0.25, -0.2) is 8.78 Å². The lowest BCUT2D eigenvalue weighted by molar-refractivity contribution is 0.00843. The molecule has 6 heteroatoms. The minimum Gasteiger partial charge on any atom is -0.378 e. The summed E-state index contributed by atoms with van der Waals surface area (Å²) in [5, 5.41) is 0. The molecule has 1 amide bonds. The highest BCUT2D eigenvalue weighted by Gasteiger charge is 2.24. The molecule has 2 aromatic rings. The molecule has 2 N–H and O–H groups in total. The largest absolute Gasteiger partial charge is 0.378 e. The number of rotatable bonds is 6. The van der Waals surface area contributed by atoms with Crippen LogP contribution in [-0.2, 0) is 4.74 Å². The van der Waals surface area contributed by atoms with Crippen molar-refractivity contribution in [3.63, 3.8) is 0 Å². The van der Waals surface area contributed by atoms with Crippen LogP contribution in [0.2, 0.25) is 0 Å². The molecule has 0 bridgehead atoms. The van der Waals surface area contributed by atoms with E-state index in [1.165, 1.54) is 18.2 Å². The third-order valence-electron chi connectivity index (χ3n) is 5.13. The first-order valence-corrected chi connectivity index (χ1v) is 9.66. The van der Waals surface area contributed by atoms with E-state index in [0.29, 0.717) is 48.5 Å². The van der Waals surface area contributed by atoms with Crippen LogP contribution in [0.1, 0.15) is 35.2 Å². The number of hydrogen-bond acceptors (Lipinski definition) is 3. The summed E-state index contributed by atoms with van der Waals surface area (Å²) in [6.07, 6.45) is 2.52. The maximum atomic E-state index is 14.7. The van der Waals surface area contributed by atoms with Gasteiger partial charge in [0.2, 0.25) is 0 Å². The van der Waals surface area contributed by atoms with Gasteiger partial charge in [-0.15, -0.1) is 0 Å². The molecule has 150 valence electrons. The number of ether oxygens (including phenoxy) is 1. The predicted molar refractivity (Wildman–Crippen MR) is 105 cm³/mol. The zero-order valence-corrected chi connectivity index (χ0v) is 16.1. The minimum atomic E-state index is -0.486. The van der Waals surface area contributed by atoms with Gasteiger partial charge in [-0.1, -0.05) is 12.1 Å². The predicted octanol–water partition coefficient (Wildman–Crippen LogP) is 3.91. The second-order valence-corrected chi connectivity index (χ2v) is 7.16. The molecule has 0 aromatic heterocycles. The van der Waals surface area contributed by atoms with E-state index >= 15 is 0 Å². The highest BCUT2D eigenvalue weighted by Crippen LogP contribution is 2.28. The summed E-state index contributed by atoms with van der Waals surface area (Å²) in [7, 11) is 0. The van der Waals surface area contributed by atoms with E-state index in [0.717, 1.165) is 19.3 Å². The molecule has 3 rings (SSSR count). The Kier molecular flexibility index (Phi) is 6.75. The van der Waals surface area contributed by atoms with E-state index in [-0.39, 0.29) is 17.8 Å². The molecule has 1 aliphatic rings. The molecule has 0 unspecified atom stereocenters. The fourth-order valence-electron chi connectivity index (χ4n) is 3.54. The van der Waals surface area contributed by atoms with Crippen molar-refractivity contribution in [2.24, 2.45) is 5.73 Å². The molecule has 4 nitrogen and oxygen atoms in total. The monoisotopic (exact) mass is 388 g/mol. The van der Waals surface area contributed by atoms with Crippen molar-refractivity contribution in [3.05, 3.63) is 59.2 Å². The number of likely N-dealkylation sites (tertiary alicyclic amines) is 1. The molecule has 1 aliphatic heterocycles. The number of benzene rings is 2. The van der Waals surface area contributed by atoms with Gasteiger partial charge in [0.1, 0.15) is 11.6 Å². The average molecular weight is 388 g/mol. The highest BCUT2D eigenvalue weighted by atomic mass is 19.1. The molecule has 28 heavy (non-hydrogen) atoms. The van der Waals surface area contributed by atoms with Crippen molar-refractivity contribution in [2.75, 3.05) is 26.2 Å². The maximum absolute atomic E-state index is 14.7. The number of aryl methyl sites for hydroxylation is 1. The number of amides is 1. The van der Waals surface area contributed by atoms with E-state index < -0.39 is 5.82 Å². The van der Waals surface area contributed by atoms with Crippen molar-refractivity contribution in [1.82, 2.24) is 4.90 Å². The maximum Gasteiger partial charge on any atom is 0.253 e. The Hall–Kier alpha value is -2.31. The van der Waals surface area contributed by atoms with E-state index in [9.17, 15) is 13.6 Å². The Labute approximate surface area is 164 Å². The Morgan fingerprint density at radius 2 is 1.86 bits per heavy atom. The van der Waals surface area contributed by atoms with Gasteiger partial charge >= 0.3 is 0 Å². The number of halogens is 2. The van der Waals surface area contributed by atoms with Crippen LogP contribution in [0.25, 0.3) is 11.1 Å². The van der Waals surface area contributed by atoms with Crippen molar-refractivity contribution < 1.29 is 18.3 Å². The van der Waals surface area contributed by atoms with Crippen LogP contribution in [0.3, 0.4) is 0 Å². The Morgan fingerprint density at radius 3 is 2.50 bits per heavy atom. The van der Waals surface area contributed by atoms with E-state index in [1.54, 1.807) is 30.0 Å². The number of carbonyl (C=O) groups is 1. The van der Waals surface area contributed by atoms with Gasteiger partial charge in [0, 0.05) is 30.8 Å². The van der Waals surface area contributed by atoms with Gasteiger partial charge in [-0.3, -0.25) is 4.79 Å². The number of nitrogens with zero attached hydrogens (tertiary/aromatic N) is 1. The van der Waals surface area contributed by atoms with Crippen LogP contribution in [-0.4, -0.2) is 43.2 Å². The van der Waals surface area contributed by atoms with Gasteiger partial charge < -0.3 is 15.4 Å². The number of piperidine rings is 1. The number of carbonyl (C=O) groups excluding carboxylic acids is 1. The van der Waals surface area contributed by atoms with Crippen molar-refractivity contribution >= 4 is 5.91 Å². The lowest BCUT2D eigenvalue weighted by Crippen LogP contribution is -2.41. The zero-order valence-electron chi connectivity index (χ0n) is 16.1. The zero-order chi connectivity index (χ0) is 20.1. The van der Waals surface area contributed by atoms with Crippen molar-refractivity contribution in [3.8, 4) is 11.1 Å². The normalized spacial score (nSPS) is 15.1. The lowest BCUT2D eigenvalue weighted by atomic mass is 9.98. The molecule has 1 fully saturated rings. The third kappa shape index (κ3) is 4.75. The van der Waals surface area contributed by atoms with Crippen LogP contribution in [0.4, 0.5) is 8.78 Å². The second-order valence-electron chi connectivity index (χ2n) is 7.16. The van der Waals surface area contributed by atoms with Crippen LogP contribution < -0.4 is 5.73 Å². The van der Waals surface area contributed by atoms with Gasteiger partial charge in [0.25, 0.3) is 5.91 Å². The number of nitrogens with two attached hydrogens (primary N) is 1. The fourth-order valence-corrected chi connectivity index (χ4v) is 3.54. The summed E-state index contributed by atoms with van der Waals surface area (Å²) in [5.41, 5.74) is 7.42. The van der Waals surface area contributed by atoms with Crippen LogP contribution in [0.15, 0.2) is 36.4 Å². The van der Waals surface area contributed by atoms with Crippen molar-refractivity contribution in [2.45, 2.75) is 32.3 Å². The fraction of sp³-hybridized carbons (Fsp3) is 0.409. The molecule has 1 saturated heterocycles. The molecular weight excluding hydrogens is 362 g/mol. The molecule has 0 radical (unpaired) electrons. The Balaban J connectivity index is 1.66. The summed E-state index contributed by atoms with van der Waals surface area (Å²) in [4.78, 5) is 14.5. The standard InChI is InChI=1S/C22H26F2N2O2/c1-15-13-17(23)4-6-19(15)20-5-3-16(14-21(20)24)22(27)26-10-7-18(8-11-26)28-12-2-9-25/h3-6,13-14,18H,2,7-12,25H2,1H3. The van der Waals surface area contributed by atoms with Crippen molar-refractivity contribution in [1.29, 1.82) is 0 Å². The number of hydrogen-bond donors (Lipinski definition) is 1. The smallest absolute Gasteiger partial charge is 0.253 e. The molecule has 2 aromatic carbocycles. The SMILES string of the molecule is Cc1cc(F)ccc1-c1ccc(C(=O)N2CCC(OCCCN)CC2)cc1F. The Morgan fingerprint density at radius 1 is 1.14 bits per heavy atom. The Bertz CT molecular complexity index is 833. The van der Waals surface area contributed by atoms with E-state index in [4.69, 9.17) is 10.5 Å². The first-order chi connectivity index (χ1) is 13.5. The lowest BCUT2D eigenvalue weighted by Gasteiger charge is -2.32. The third-order valence-corrected chi connectivity index (χ3v) is 5.13. The summed E-state index contributed by atoms with van der Waals surface area (Å²) in [6.45, 7) is 4.16. The summed E-state index contributed by atoms with van der Waals surface area (Å²) in [5.74, 6) is -1.02. The summed E-state index contributed by atoms with van der Waals surface area (Å²) in [6, 6.07) is 8.72. The molecule has 1 heterocycles. The molecular formula is C22H26F2N2O2. The van der Waals surface area contributed by atoms with E-state index in [2.05, 4.69) is 0 Å². The first kappa shape index (κ1) is 20.4. The minimum absolute atomic E-state index is 0.149. The summed E-state index contributed by atoms with van der Waals surface area (Å²) >= 11 is 0. The topological polar surface area (TPSA) is 55.6 Å². The van der Waals surface area contributed by atoms with Gasteiger partial charge in [0.05, 0.1) is 6.10 Å². The quantitative estimate of drug-likeness (QED) is 0.764. The van der Waals surface area contributed by atoms with Gasteiger partial charge in [-0.2, -0.15) is 0 Å². The highest BCUT2D eigenvalue weighted by molar-refractivity contribution is 5.95. The second kappa shape index (κ2) is 9.26.